The fourth-order valence-corrected chi connectivity index (χ4v) is 3.56. The second kappa shape index (κ2) is 16.9. The molecule has 2 rings (SSSR count). The Hall–Kier alpha value is -4.38. The van der Waals surface area contributed by atoms with E-state index < -0.39 is 111 Å². The second-order valence-corrected chi connectivity index (χ2v) is 9.58. The van der Waals surface area contributed by atoms with E-state index in [1.165, 1.54) is 4.72 Å². The van der Waals surface area contributed by atoms with Crippen LogP contribution in [0.3, 0.4) is 0 Å². The Labute approximate surface area is 239 Å². The van der Waals surface area contributed by atoms with Crippen LogP contribution in [0, 0.1) is 17.5 Å². The smallest absolute Gasteiger partial charge is 0.335 e. The maximum absolute atomic E-state index is 13.6. The number of anilines is 1. The van der Waals surface area contributed by atoms with Gasteiger partial charge in [0.05, 0.1) is 29.2 Å². The van der Waals surface area contributed by atoms with E-state index in [0.29, 0.717) is 18.2 Å². The Bertz CT molecular complexity index is 1350. The van der Waals surface area contributed by atoms with Crippen LogP contribution in [0.25, 0.3) is 0 Å². The van der Waals surface area contributed by atoms with Crippen molar-refractivity contribution in [3.63, 3.8) is 0 Å². The molecule has 17 nitrogen and oxygen atoms in total. The van der Waals surface area contributed by atoms with E-state index >= 15 is 0 Å². The van der Waals surface area contributed by atoms with Gasteiger partial charge in [-0.05, 0) is 18.2 Å². The Morgan fingerprint density at radius 1 is 0.721 bits per heavy atom. The van der Waals surface area contributed by atoms with Crippen molar-refractivity contribution in [2.75, 3.05) is 17.9 Å². The number of rotatable bonds is 11. The van der Waals surface area contributed by atoms with Crippen LogP contribution in [0.1, 0.15) is 20.7 Å². The molecule has 2 aromatic carbocycles. The summed E-state index contributed by atoms with van der Waals surface area (Å²) in [6, 6.07) is 2.39. The molecule has 0 radical (unpaired) electrons. The van der Waals surface area contributed by atoms with E-state index in [9.17, 15) is 40.8 Å². The number of aromatic carboxylic acids is 2. The molecule has 0 aliphatic heterocycles. The summed E-state index contributed by atoms with van der Waals surface area (Å²) >= 11 is 0. The minimum Gasteiger partial charge on any atom is -0.478 e. The normalized spacial score (nSPS) is 13.5. The number of aliphatic hydroxyl groups is 6. The number of carbonyl (C=O) groups is 4. The van der Waals surface area contributed by atoms with Crippen molar-refractivity contribution in [3.8, 4) is 0 Å². The summed E-state index contributed by atoms with van der Waals surface area (Å²) in [5.41, 5.74) is 6.58. The fourth-order valence-electron chi connectivity index (χ4n) is 2.41. The van der Waals surface area contributed by atoms with E-state index in [1.54, 1.807) is 0 Å². The van der Waals surface area contributed by atoms with E-state index in [1.807, 2.05) is 0 Å². The lowest BCUT2D eigenvalue weighted by Crippen LogP contribution is -2.40. The zero-order valence-electron chi connectivity index (χ0n) is 21.3. The van der Waals surface area contributed by atoms with Gasteiger partial charge in [-0.15, -0.1) is 0 Å². The first-order valence-electron chi connectivity index (χ1n) is 11.0. The molecule has 43 heavy (non-hydrogen) atoms. The number of carboxylic acid groups (broad SMARTS) is 2. The molecule has 0 spiro atoms. The van der Waals surface area contributed by atoms with Gasteiger partial charge in [0.1, 0.15) is 23.7 Å². The first kappa shape index (κ1) is 38.6. The molecule has 0 heterocycles. The van der Waals surface area contributed by atoms with Crippen molar-refractivity contribution in [1.82, 2.24) is 0 Å². The average Bonchev–Trinajstić information content (AvgIpc) is 2.93. The van der Waals surface area contributed by atoms with Gasteiger partial charge in [-0.25, -0.2) is 31.2 Å². The van der Waals surface area contributed by atoms with Crippen molar-refractivity contribution in [2.45, 2.75) is 29.3 Å². The van der Waals surface area contributed by atoms with E-state index in [4.69, 9.17) is 40.9 Å². The molecule has 0 fully saturated rings. The van der Waals surface area contributed by atoms with Gasteiger partial charge in [-0.3, -0.25) is 14.3 Å². The highest BCUT2D eigenvalue weighted by molar-refractivity contribution is 7.92. The minimum atomic E-state index is -4.76. The molecule has 2 aromatic rings. The van der Waals surface area contributed by atoms with Gasteiger partial charge >= 0.3 is 11.9 Å². The number of nitrogens with two attached hydrogens (primary N) is 2. The molecular weight excluding hydrogens is 619 g/mol. The third-order valence-corrected chi connectivity index (χ3v) is 5.97. The highest BCUT2D eigenvalue weighted by atomic mass is 32.2. The number of hydrogen-bond acceptors (Lipinski definition) is 12. The Morgan fingerprint density at radius 3 is 1.33 bits per heavy atom. The molecule has 2 amide bonds. The van der Waals surface area contributed by atoms with Gasteiger partial charge in [0.2, 0.25) is 11.8 Å². The third-order valence-electron chi connectivity index (χ3n) is 4.64. The molecule has 4 atom stereocenters. The maximum atomic E-state index is 13.6. The fraction of sp³-hybridized carbons (Fsp3) is 0.273. The van der Waals surface area contributed by atoms with Gasteiger partial charge in [-0.1, -0.05) is 0 Å². The zero-order chi connectivity index (χ0) is 33.8. The summed E-state index contributed by atoms with van der Waals surface area (Å²) in [5, 5.41) is 68.1. The van der Waals surface area contributed by atoms with Crippen LogP contribution in [0.4, 0.5) is 18.9 Å². The monoisotopic (exact) mass is 645 g/mol. The predicted octanol–water partition coefficient (Wildman–Crippen LogP) is -3.33. The van der Waals surface area contributed by atoms with Gasteiger partial charge in [0.15, 0.2) is 23.8 Å². The molecule has 240 valence electrons. The van der Waals surface area contributed by atoms with E-state index in [0.717, 1.165) is 0 Å². The molecule has 0 aromatic heterocycles. The van der Waals surface area contributed by atoms with Crippen LogP contribution in [-0.4, -0.2) is 111 Å². The van der Waals surface area contributed by atoms with Crippen molar-refractivity contribution in [2.24, 2.45) is 11.5 Å². The number of aliphatic hydroxyl groups excluding tert-OH is 6. The summed E-state index contributed by atoms with van der Waals surface area (Å²) < 4.78 is 65.9. The van der Waals surface area contributed by atoms with Crippen LogP contribution in [0.5, 0.6) is 0 Å². The van der Waals surface area contributed by atoms with E-state index in [2.05, 4.69) is 11.5 Å². The minimum absolute atomic E-state index is 0.233. The van der Waals surface area contributed by atoms with Crippen molar-refractivity contribution < 1.29 is 81.6 Å². The largest absolute Gasteiger partial charge is 0.478 e. The van der Waals surface area contributed by atoms with Crippen LogP contribution >= 0.6 is 0 Å². The number of sulfonamides is 1. The van der Waals surface area contributed by atoms with Gasteiger partial charge in [0.25, 0.3) is 10.0 Å². The van der Waals surface area contributed by atoms with Crippen molar-refractivity contribution >= 4 is 39.5 Å². The molecule has 0 aliphatic carbocycles. The first-order chi connectivity index (χ1) is 19.7. The summed E-state index contributed by atoms with van der Waals surface area (Å²) in [4.78, 5) is 41.1. The standard InChI is InChI=1S/C14H8F3NO6S.2C4H9NO4/c15-8-4-10(16)12(11(17)5-8)18-25(23,24)9-2-6(13(19)20)1-7(3-9)14(21)22;2*5-4(9)3(8)2(7)1-6/h1-5,18H,(H,19,20)(H,21,22);2*2-3,6-8H,1H2,(H2,5,9). The summed E-state index contributed by atoms with van der Waals surface area (Å²) in [5.74, 6) is -9.69. The number of primary amides is 2. The van der Waals surface area contributed by atoms with Crippen LogP contribution in [0.2, 0.25) is 0 Å². The van der Waals surface area contributed by atoms with Gasteiger partial charge in [0, 0.05) is 12.1 Å². The number of carbonyl (C=O) groups excluding carboxylic acids is 2. The SMILES string of the molecule is NC(=O)C(O)C(O)CO.NC(=O)C(O)C(O)CO.O=C(O)c1cc(C(=O)O)cc(S(=O)(=O)Nc2c(F)cc(F)cc2F)c1. The van der Waals surface area contributed by atoms with Crippen LogP contribution in [0.15, 0.2) is 35.2 Å². The molecule has 4 unspecified atom stereocenters. The Kier molecular flexibility index (Phi) is 15.2. The number of nitrogens with one attached hydrogen (secondary N) is 1. The lowest BCUT2D eigenvalue weighted by atomic mass is 10.1. The molecule has 0 aliphatic rings. The average molecular weight is 646 g/mol. The number of carboxylic acids is 2. The van der Waals surface area contributed by atoms with Crippen LogP contribution < -0.4 is 16.2 Å². The van der Waals surface area contributed by atoms with Gasteiger partial charge in [-0.2, -0.15) is 0 Å². The number of hydrogen-bond donors (Lipinski definition) is 11. The van der Waals surface area contributed by atoms with Crippen LogP contribution in [-0.2, 0) is 19.6 Å². The quantitative estimate of drug-likeness (QED) is 0.114. The van der Waals surface area contributed by atoms with Gasteiger partial charge < -0.3 is 52.3 Å². The van der Waals surface area contributed by atoms with Crippen molar-refractivity contribution in [3.05, 3.63) is 58.9 Å². The number of halogens is 3. The lowest BCUT2D eigenvalue weighted by molar-refractivity contribution is -0.134. The number of benzene rings is 2. The molecule has 13 N–H and O–H groups in total. The summed E-state index contributed by atoms with van der Waals surface area (Å²) in [6.07, 6.45) is -6.28. The zero-order valence-corrected chi connectivity index (χ0v) is 22.2. The topological polar surface area (TPSA) is 328 Å². The molecular formula is C22H26F3N3O14S. The second-order valence-electron chi connectivity index (χ2n) is 7.90. The predicted molar refractivity (Wildman–Crippen MR) is 134 cm³/mol. The third kappa shape index (κ3) is 12.2. The first-order valence-corrected chi connectivity index (χ1v) is 12.5. The highest BCUT2D eigenvalue weighted by Crippen LogP contribution is 2.25. The lowest BCUT2D eigenvalue weighted by Gasteiger charge is -2.11. The highest BCUT2D eigenvalue weighted by Gasteiger charge is 2.24. The van der Waals surface area contributed by atoms with E-state index in [-0.39, 0.29) is 12.1 Å². The molecule has 0 saturated heterocycles. The Balaban J connectivity index is 0.000000804. The molecule has 21 heteroatoms. The number of amides is 2. The van der Waals surface area contributed by atoms with Crippen molar-refractivity contribution in [1.29, 1.82) is 0 Å². The molecule has 0 bridgehead atoms. The maximum Gasteiger partial charge on any atom is 0.335 e. The summed E-state index contributed by atoms with van der Waals surface area (Å²) in [7, 11) is -4.76. The Morgan fingerprint density at radius 2 is 1.07 bits per heavy atom. The summed E-state index contributed by atoms with van der Waals surface area (Å²) in [6.45, 7) is -1.35. The molecule has 0 saturated carbocycles.